The summed E-state index contributed by atoms with van der Waals surface area (Å²) >= 11 is 0. The molecule has 0 saturated carbocycles. The van der Waals surface area contributed by atoms with E-state index >= 15 is 0 Å². The van der Waals surface area contributed by atoms with E-state index in [1.165, 1.54) is 0 Å². The second-order valence-electron chi connectivity index (χ2n) is 7.62. The first kappa shape index (κ1) is 17.5. The summed E-state index contributed by atoms with van der Waals surface area (Å²) in [6, 6.07) is 16.6. The molecule has 0 radical (unpaired) electrons. The predicted octanol–water partition coefficient (Wildman–Crippen LogP) is 5.54. The van der Waals surface area contributed by atoms with Crippen LogP contribution < -0.4 is 0 Å². The van der Waals surface area contributed by atoms with Crippen LogP contribution in [0.25, 0.3) is 55.6 Å². The molecule has 0 amide bonds. The van der Waals surface area contributed by atoms with Gasteiger partial charge in [0.2, 0.25) is 0 Å². The fourth-order valence-electron chi connectivity index (χ4n) is 4.05. The van der Waals surface area contributed by atoms with Gasteiger partial charge in [-0.1, -0.05) is 6.07 Å². The predicted molar refractivity (Wildman–Crippen MR) is 122 cm³/mol. The molecule has 0 atom stereocenters. The zero-order chi connectivity index (χ0) is 20.8. The first-order valence-electron chi connectivity index (χ1n) is 10.0. The molecule has 0 spiro atoms. The molecular weight excluding hydrogens is 384 g/mol. The quantitative estimate of drug-likeness (QED) is 0.407. The number of aromatic nitrogens is 6. The number of nitrogens with zero attached hydrogens (tertiary/aromatic N) is 4. The van der Waals surface area contributed by atoms with Crippen molar-refractivity contribution in [1.82, 2.24) is 30.1 Å². The minimum atomic E-state index is 0.833. The highest BCUT2D eigenvalue weighted by Crippen LogP contribution is 2.34. The molecule has 0 aliphatic rings. The van der Waals surface area contributed by atoms with Crippen molar-refractivity contribution in [3.63, 3.8) is 0 Å². The molecule has 6 heteroatoms. The van der Waals surface area contributed by atoms with Gasteiger partial charge < -0.3 is 4.98 Å². The fraction of sp³-hybridized carbons (Fsp3) is 0.0400. The van der Waals surface area contributed by atoms with Gasteiger partial charge in [0.1, 0.15) is 11.3 Å². The molecule has 31 heavy (non-hydrogen) atoms. The van der Waals surface area contributed by atoms with Gasteiger partial charge in [-0.05, 0) is 71.6 Å². The van der Waals surface area contributed by atoms with Gasteiger partial charge in [-0.2, -0.15) is 5.10 Å². The highest BCUT2D eigenvalue weighted by molar-refractivity contribution is 6.00. The van der Waals surface area contributed by atoms with E-state index in [1.54, 1.807) is 12.4 Å². The van der Waals surface area contributed by atoms with Crippen molar-refractivity contribution in [2.24, 2.45) is 0 Å². The number of rotatable bonds is 3. The topological polar surface area (TPSA) is 83.1 Å². The molecule has 6 aromatic rings. The van der Waals surface area contributed by atoms with E-state index in [9.17, 15) is 0 Å². The minimum Gasteiger partial charge on any atom is -0.338 e. The van der Waals surface area contributed by atoms with Crippen LogP contribution in [0.5, 0.6) is 0 Å². The summed E-state index contributed by atoms with van der Waals surface area (Å²) in [6.07, 6.45) is 9.19. The maximum Gasteiger partial charge on any atom is 0.138 e. The lowest BCUT2D eigenvalue weighted by Crippen LogP contribution is -1.83. The van der Waals surface area contributed by atoms with Gasteiger partial charge in [0.05, 0.1) is 11.2 Å². The minimum absolute atomic E-state index is 0.833. The van der Waals surface area contributed by atoms with E-state index < -0.39 is 0 Å². The molecule has 148 valence electrons. The van der Waals surface area contributed by atoms with E-state index in [0.29, 0.717) is 0 Å². The number of fused-ring (bicyclic) bond motifs is 2. The molecule has 0 unspecified atom stereocenters. The lowest BCUT2D eigenvalue weighted by Gasteiger charge is -2.03. The molecule has 5 aromatic heterocycles. The summed E-state index contributed by atoms with van der Waals surface area (Å²) in [5.41, 5.74) is 9.17. The average Bonchev–Trinajstić information content (AvgIpc) is 3.43. The Labute approximate surface area is 178 Å². The fourth-order valence-corrected chi connectivity index (χ4v) is 4.05. The highest BCUT2D eigenvalue weighted by atomic mass is 15.1. The van der Waals surface area contributed by atoms with Crippen LogP contribution in [-0.4, -0.2) is 30.1 Å². The van der Waals surface area contributed by atoms with Crippen molar-refractivity contribution in [3.8, 4) is 33.6 Å². The number of aromatic amines is 2. The Balaban J connectivity index is 1.51. The SMILES string of the molecule is Cc1cncc(-c2ccc3[nH]nc(-c4cc5c(-c6ccncc6)ccnc5[nH]4)c3c2)c1. The van der Waals surface area contributed by atoms with Gasteiger partial charge in [-0.3, -0.25) is 15.1 Å². The van der Waals surface area contributed by atoms with Crippen molar-refractivity contribution in [3.05, 3.63) is 85.1 Å². The molecule has 0 bridgehead atoms. The van der Waals surface area contributed by atoms with Crippen molar-refractivity contribution in [2.45, 2.75) is 6.92 Å². The lowest BCUT2D eigenvalue weighted by atomic mass is 10.0. The van der Waals surface area contributed by atoms with Crippen molar-refractivity contribution >= 4 is 21.9 Å². The summed E-state index contributed by atoms with van der Waals surface area (Å²) in [7, 11) is 0. The van der Waals surface area contributed by atoms with Gasteiger partial charge in [0, 0.05) is 47.3 Å². The van der Waals surface area contributed by atoms with Gasteiger partial charge >= 0.3 is 0 Å². The van der Waals surface area contributed by atoms with Crippen molar-refractivity contribution < 1.29 is 0 Å². The van der Waals surface area contributed by atoms with Gasteiger partial charge in [-0.15, -0.1) is 0 Å². The third-order valence-electron chi connectivity index (χ3n) is 5.55. The number of hydrogen-bond acceptors (Lipinski definition) is 4. The molecular formula is C25H18N6. The maximum absolute atomic E-state index is 4.61. The second kappa shape index (κ2) is 6.88. The van der Waals surface area contributed by atoms with Gasteiger partial charge in [0.15, 0.2) is 0 Å². The van der Waals surface area contributed by atoms with Gasteiger partial charge in [0.25, 0.3) is 0 Å². The Bertz CT molecular complexity index is 1550. The summed E-state index contributed by atoms with van der Waals surface area (Å²) in [4.78, 5) is 16.4. The molecule has 2 N–H and O–H groups in total. The molecule has 6 nitrogen and oxygen atoms in total. The van der Waals surface area contributed by atoms with Crippen LogP contribution in [0.4, 0.5) is 0 Å². The summed E-state index contributed by atoms with van der Waals surface area (Å²) in [5, 5.41) is 9.87. The molecule has 0 saturated heterocycles. The number of aryl methyl sites for hydroxylation is 1. The van der Waals surface area contributed by atoms with Crippen molar-refractivity contribution in [1.29, 1.82) is 0 Å². The largest absolute Gasteiger partial charge is 0.338 e. The summed E-state index contributed by atoms with van der Waals surface area (Å²) in [6.45, 7) is 2.05. The Morgan fingerprint density at radius 3 is 2.52 bits per heavy atom. The van der Waals surface area contributed by atoms with Crippen LogP contribution in [0.15, 0.2) is 79.5 Å². The van der Waals surface area contributed by atoms with Crippen molar-refractivity contribution in [2.75, 3.05) is 0 Å². The monoisotopic (exact) mass is 402 g/mol. The third kappa shape index (κ3) is 2.97. The van der Waals surface area contributed by atoms with Crippen LogP contribution in [0.1, 0.15) is 5.56 Å². The normalized spacial score (nSPS) is 11.4. The number of hydrogen-bond donors (Lipinski definition) is 2. The van der Waals surface area contributed by atoms with E-state index in [4.69, 9.17) is 0 Å². The Hall–Kier alpha value is -4.32. The zero-order valence-electron chi connectivity index (χ0n) is 16.8. The molecule has 0 aliphatic carbocycles. The zero-order valence-corrected chi connectivity index (χ0v) is 16.8. The van der Waals surface area contributed by atoms with Crippen LogP contribution in [0.3, 0.4) is 0 Å². The van der Waals surface area contributed by atoms with Crippen LogP contribution in [0.2, 0.25) is 0 Å². The highest BCUT2D eigenvalue weighted by Gasteiger charge is 2.15. The standard InChI is InChI=1S/C25H18N6/c1-15-10-18(14-27-13-15)17-2-3-22-21(11-17)24(31-30-22)23-12-20-19(6-9-28-25(20)29-23)16-4-7-26-8-5-16/h2-14H,1H3,(H,28,29)(H,30,31). The molecule has 6 rings (SSSR count). The maximum atomic E-state index is 4.61. The average molecular weight is 402 g/mol. The van der Waals surface area contributed by atoms with Crippen LogP contribution in [0, 0.1) is 6.92 Å². The number of nitrogens with one attached hydrogen (secondary N) is 2. The first-order valence-corrected chi connectivity index (χ1v) is 10.0. The second-order valence-corrected chi connectivity index (χ2v) is 7.62. The van der Waals surface area contributed by atoms with E-state index in [-0.39, 0.29) is 0 Å². The lowest BCUT2D eigenvalue weighted by molar-refractivity contribution is 1.12. The summed E-state index contributed by atoms with van der Waals surface area (Å²) in [5.74, 6) is 0. The molecule has 1 aromatic carbocycles. The van der Waals surface area contributed by atoms with Crippen LogP contribution in [-0.2, 0) is 0 Å². The van der Waals surface area contributed by atoms with E-state index in [0.717, 1.165) is 61.1 Å². The molecule has 0 fully saturated rings. The van der Waals surface area contributed by atoms with E-state index in [1.807, 2.05) is 36.8 Å². The molecule has 0 aliphatic heterocycles. The molecule has 5 heterocycles. The van der Waals surface area contributed by atoms with Gasteiger partial charge in [-0.25, -0.2) is 4.98 Å². The number of benzene rings is 1. The third-order valence-corrected chi connectivity index (χ3v) is 5.55. The first-order chi connectivity index (χ1) is 15.3. The smallest absolute Gasteiger partial charge is 0.138 e. The van der Waals surface area contributed by atoms with E-state index in [2.05, 4.69) is 67.4 Å². The number of H-pyrrole nitrogens is 2. The Kier molecular flexibility index (Phi) is 3.89. The Morgan fingerprint density at radius 2 is 1.65 bits per heavy atom. The summed E-state index contributed by atoms with van der Waals surface area (Å²) < 4.78 is 0. The Morgan fingerprint density at radius 1 is 0.742 bits per heavy atom. The van der Waals surface area contributed by atoms with Crippen LogP contribution >= 0.6 is 0 Å². The number of pyridine rings is 3.